The molecular weight excluding hydrogens is 316 g/mol. The fourth-order valence-corrected chi connectivity index (χ4v) is 2.68. The second-order valence-corrected chi connectivity index (χ2v) is 6.08. The van der Waals surface area contributed by atoms with E-state index in [1.807, 2.05) is 4.90 Å². The molecule has 128 valence electrons. The Hall–Kier alpha value is -1.30. The number of nitrogens with zero attached hydrogens (tertiary/aromatic N) is 1. The van der Waals surface area contributed by atoms with Crippen LogP contribution >= 0.6 is 11.6 Å². The van der Waals surface area contributed by atoms with Crippen LogP contribution in [0.25, 0.3) is 0 Å². The van der Waals surface area contributed by atoms with Crippen LogP contribution in [-0.4, -0.2) is 49.8 Å². The number of rotatable bonds is 8. The molecule has 6 heteroatoms. The first-order valence-corrected chi connectivity index (χ1v) is 8.54. The minimum Gasteiger partial charge on any atom is -0.493 e. The van der Waals surface area contributed by atoms with Gasteiger partial charge >= 0.3 is 0 Å². The number of carbonyl (C=O) groups excluding carboxylic acids is 1. The Bertz CT molecular complexity index is 473. The van der Waals surface area contributed by atoms with Gasteiger partial charge in [-0.2, -0.15) is 0 Å². The lowest BCUT2D eigenvalue weighted by atomic mass is 10.1. The zero-order chi connectivity index (χ0) is 16.5. The number of nitrogens with two attached hydrogens (primary N) is 1. The van der Waals surface area contributed by atoms with Crippen LogP contribution in [0, 0.1) is 0 Å². The number of benzene rings is 1. The molecule has 1 aromatic carbocycles. The third-order valence-corrected chi connectivity index (χ3v) is 4.15. The van der Waals surface area contributed by atoms with Crippen molar-refractivity contribution >= 4 is 17.5 Å². The van der Waals surface area contributed by atoms with Crippen LogP contribution in [0.5, 0.6) is 5.75 Å². The van der Waals surface area contributed by atoms with Crippen molar-refractivity contribution in [2.45, 2.75) is 31.8 Å². The summed E-state index contributed by atoms with van der Waals surface area (Å²) in [7, 11) is 0. The molecule has 2 rings (SSSR count). The molecule has 0 spiro atoms. The van der Waals surface area contributed by atoms with Gasteiger partial charge in [0.1, 0.15) is 5.75 Å². The SMILES string of the molecule is NCCCOC1CCN(C(=O)CCOc2ccc(Cl)cc2)CC1. The normalized spacial score (nSPS) is 15.7. The fourth-order valence-electron chi connectivity index (χ4n) is 2.55. The zero-order valence-corrected chi connectivity index (χ0v) is 14.1. The lowest BCUT2D eigenvalue weighted by Gasteiger charge is -2.32. The Morgan fingerprint density at radius 1 is 1.22 bits per heavy atom. The molecule has 0 aliphatic carbocycles. The van der Waals surface area contributed by atoms with Crippen molar-refractivity contribution in [2.75, 3.05) is 32.8 Å². The molecule has 1 aliphatic heterocycles. The molecule has 1 amide bonds. The van der Waals surface area contributed by atoms with E-state index in [1.54, 1.807) is 24.3 Å². The predicted molar refractivity (Wildman–Crippen MR) is 90.8 cm³/mol. The molecule has 23 heavy (non-hydrogen) atoms. The Morgan fingerprint density at radius 2 is 1.91 bits per heavy atom. The molecular formula is C17H25ClN2O3. The average molecular weight is 341 g/mol. The van der Waals surface area contributed by atoms with Gasteiger partial charge in [-0.25, -0.2) is 0 Å². The van der Waals surface area contributed by atoms with E-state index in [2.05, 4.69) is 0 Å². The van der Waals surface area contributed by atoms with E-state index in [1.165, 1.54) is 0 Å². The summed E-state index contributed by atoms with van der Waals surface area (Å²) < 4.78 is 11.3. The van der Waals surface area contributed by atoms with Gasteiger partial charge in [0.25, 0.3) is 0 Å². The molecule has 2 N–H and O–H groups in total. The number of hydrogen-bond acceptors (Lipinski definition) is 4. The summed E-state index contributed by atoms with van der Waals surface area (Å²) >= 11 is 5.82. The summed E-state index contributed by atoms with van der Waals surface area (Å²) in [4.78, 5) is 14.1. The van der Waals surface area contributed by atoms with Crippen molar-refractivity contribution in [1.29, 1.82) is 0 Å². The first-order chi connectivity index (χ1) is 11.2. The maximum Gasteiger partial charge on any atom is 0.226 e. The monoisotopic (exact) mass is 340 g/mol. The first kappa shape index (κ1) is 18.0. The highest BCUT2D eigenvalue weighted by Gasteiger charge is 2.22. The second kappa shape index (κ2) is 9.75. The average Bonchev–Trinajstić information content (AvgIpc) is 2.57. The summed E-state index contributed by atoms with van der Waals surface area (Å²) in [5.41, 5.74) is 5.45. The molecule has 0 unspecified atom stereocenters. The Kier molecular flexibility index (Phi) is 7.65. The number of hydrogen-bond donors (Lipinski definition) is 1. The first-order valence-electron chi connectivity index (χ1n) is 8.17. The van der Waals surface area contributed by atoms with E-state index in [0.717, 1.165) is 38.1 Å². The van der Waals surface area contributed by atoms with Gasteiger partial charge < -0.3 is 20.1 Å². The topological polar surface area (TPSA) is 64.8 Å². The van der Waals surface area contributed by atoms with Gasteiger partial charge in [-0.3, -0.25) is 4.79 Å². The fraction of sp³-hybridized carbons (Fsp3) is 0.588. The molecule has 0 aromatic heterocycles. The number of piperidine rings is 1. The van der Waals surface area contributed by atoms with Gasteiger partial charge in [-0.05, 0) is 50.1 Å². The lowest BCUT2D eigenvalue weighted by Crippen LogP contribution is -2.41. The van der Waals surface area contributed by atoms with E-state index in [-0.39, 0.29) is 12.0 Å². The molecule has 0 radical (unpaired) electrons. The minimum absolute atomic E-state index is 0.138. The Balaban J connectivity index is 1.62. The van der Waals surface area contributed by atoms with E-state index in [4.69, 9.17) is 26.8 Å². The minimum atomic E-state index is 0.138. The molecule has 5 nitrogen and oxygen atoms in total. The smallest absolute Gasteiger partial charge is 0.226 e. The van der Waals surface area contributed by atoms with Crippen molar-refractivity contribution in [3.8, 4) is 5.75 Å². The number of carbonyl (C=O) groups is 1. The molecule has 1 saturated heterocycles. The molecule has 0 atom stereocenters. The van der Waals surface area contributed by atoms with Crippen molar-refractivity contribution in [3.05, 3.63) is 29.3 Å². The van der Waals surface area contributed by atoms with E-state index >= 15 is 0 Å². The molecule has 0 bridgehead atoms. The number of likely N-dealkylation sites (tertiary alicyclic amines) is 1. The largest absolute Gasteiger partial charge is 0.493 e. The van der Waals surface area contributed by atoms with Gasteiger partial charge in [-0.1, -0.05) is 11.6 Å². The van der Waals surface area contributed by atoms with E-state index in [9.17, 15) is 4.79 Å². The zero-order valence-electron chi connectivity index (χ0n) is 13.4. The van der Waals surface area contributed by atoms with Crippen molar-refractivity contribution in [2.24, 2.45) is 5.73 Å². The maximum atomic E-state index is 12.2. The van der Waals surface area contributed by atoms with Crippen molar-refractivity contribution < 1.29 is 14.3 Å². The molecule has 1 heterocycles. The van der Waals surface area contributed by atoms with E-state index in [0.29, 0.717) is 31.2 Å². The molecule has 0 saturated carbocycles. The summed E-state index contributed by atoms with van der Waals surface area (Å²) in [6.07, 6.45) is 3.33. The predicted octanol–water partition coefficient (Wildman–Crippen LogP) is 2.47. The summed E-state index contributed by atoms with van der Waals surface area (Å²) in [6.45, 7) is 3.27. The Morgan fingerprint density at radius 3 is 2.57 bits per heavy atom. The van der Waals surface area contributed by atoms with Crippen LogP contribution < -0.4 is 10.5 Å². The molecule has 1 fully saturated rings. The second-order valence-electron chi connectivity index (χ2n) is 5.65. The standard InChI is InChI=1S/C17H25ClN2O3/c18-14-2-4-15(5-3-14)23-13-8-17(21)20-10-6-16(7-11-20)22-12-1-9-19/h2-5,16H,1,6-13,19H2. The molecule has 1 aromatic rings. The van der Waals surface area contributed by atoms with Gasteiger partial charge in [0.2, 0.25) is 5.91 Å². The maximum absolute atomic E-state index is 12.2. The summed E-state index contributed by atoms with van der Waals surface area (Å²) in [5.74, 6) is 0.869. The summed E-state index contributed by atoms with van der Waals surface area (Å²) in [5, 5.41) is 0.671. The Labute approximate surface area is 142 Å². The van der Waals surface area contributed by atoms with Gasteiger partial charge in [0.15, 0.2) is 0 Å². The van der Waals surface area contributed by atoms with Crippen LogP contribution in [0.4, 0.5) is 0 Å². The van der Waals surface area contributed by atoms with Crippen LogP contribution in [-0.2, 0) is 9.53 Å². The van der Waals surface area contributed by atoms with Crippen molar-refractivity contribution in [1.82, 2.24) is 4.90 Å². The van der Waals surface area contributed by atoms with Gasteiger partial charge in [-0.15, -0.1) is 0 Å². The van der Waals surface area contributed by atoms with Crippen LogP contribution in [0.1, 0.15) is 25.7 Å². The van der Waals surface area contributed by atoms with Crippen LogP contribution in [0.2, 0.25) is 5.02 Å². The van der Waals surface area contributed by atoms with E-state index < -0.39 is 0 Å². The number of ether oxygens (including phenoxy) is 2. The molecule has 1 aliphatic rings. The highest BCUT2D eigenvalue weighted by Crippen LogP contribution is 2.17. The highest BCUT2D eigenvalue weighted by atomic mass is 35.5. The van der Waals surface area contributed by atoms with Gasteiger partial charge in [0, 0.05) is 24.7 Å². The van der Waals surface area contributed by atoms with Crippen LogP contribution in [0.3, 0.4) is 0 Å². The van der Waals surface area contributed by atoms with Crippen LogP contribution in [0.15, 0.2) is 24.3 Å². The highest BCUT2D eigenvalue weighted by molar-refractivity contribution is 6.30. The third-order valence-electron chi connectivity index (χ3n) is 3.89. The number of halogens is 1. The van der Waals surface area contributed by atoms with Crippen molar-refractivity contribution in [3.63, 3.8) is 0 Å². The van der Waals surface area contributed by atoms with Gasteiger partial charge in [0.05, 0.1) is 19.1 Å². The quantitative estimate of drug-likeness (QED) is 0.738. The third kappa shape index (κ3) is 6.37. The lowest BCUT2D eigenvalue weighted by molar-refractivity contribution is -0.134. The summed E-state index contributed by atoms with van der Waals surface area (Å²) in [6, 6.07) is 7.15. The number of amides is 1.